The van der Waals surface area contributed by atoms with E-state index in [1.54, 1.807) is 0 Å². The smallest absolute Gasteiger partial charge is 0.246 e. The van der Waals surface area contributed by atoms with Crippen molar-refractivity contribution in [2.24, 2.45) is 0 Å². The Bertz CT molecular complexity index is 1030. The monoisotopic (exact) mass is 435 g/mol. The van der Waals surface area contributed by atoms with Crippen molar-refractivity contribution in [1.29, 1.82) is 0 Å². The van der Waals surface area contributed by atoms with Crippen LogP contribution in [0.3, 0.4) is 0 Å². The number of fused-ring (bicyclic) bond motifs is 1. The summed E-state index contributed by atoms with van der Waals surface area (Å²) >= 11 is 0. The van der Waals surface area contributed by atoms with E-state index in [1.165, 1.54) is 23.5 Å². The molecule has 0 unspecified atom stereocenters. The van der Waals surface area contributed by atoms with Crippen molar-refractivity contribution in [3.05, 3.63) is 41.1 Å². The number of methoxy groups -OCH3 is 1. The van der Waals surface area contributed by atoms with Crippen LogP contribution in [0.5, 0.6) is 5.75 Å². The van der Waals surface area contributed by atoms with Crippen molar-refractivity contribution in [3.8, 4) is 5.75 Å². The van der Waals surface area contributed by atoms with Gasteiger partial charge in [-0.25, -0.2) is 22.8 Å². The number of hydrogen-bond acceptors (Lipinski definition) is 7. The van der Waals surface area contributed by atoms with Crippen LogP contribution in [0, 0.1) is 5.82 Å². The average molecular weight is 436 g/mol. The summed E-state index contributed by atoms with van der Waals surface area (Å²) in [6, 6.07) is 3.54. The van der Waals surface area contributed by atoms with E-state index in [1.807, 2.05) is 7.05 Å². The standard InChI is InChI=1S/C20H26FN5O3S/c1-22-20-15-11-23-8-7-16(15)24-19(25-20)13-4-3-9-26(12-13)30(27,28)18-10-14(21)5-6-17(18)29-2/h5-6,10,13,23H,3-4,7-9,11-12H2,1-2H3,(H,22,24,25)/t13-/m1/s1. The molecule has 1 aromatic heterocycles. The van der Waals surface area contributed by atoms with E-state index in [0.717, 1.165) is 49.1 Å². The van der Waals surface area contributed by atoms with Gasteiger partial charge in [-0.15, -0.1) is 0 Å². The Morgan fingerprint density at radius 3 is 2.93 bits per heavy atom. The van der Waals surface area contributed by atoms with Crippen molar-refractivity contribution in [2.45, 2.75) is 36.6 Å². The maximum Gasteiger partial charge on any atom is 0.246 e. The number of sulfonamides is 1. The van der Waals surface area contributed by atoms with Crippen LogP contribution < -0.4 is 15.4 Å². The van der Waals surface area contributed by atoms with Crippen molar-refractivity contribution >= 4 is 15.8 Å². The van der Waals surface area contributed by atoms with Gasteiger partial charge in [-0.1, -0.05) is 0 Å². The van der Waals surface area contributed by atoms with Crippen molar-refractivity contribution in [1.82, 2.24) is 19.6 Å². The quantitative estimate of drug-likeness (QED) is 0.740. The molecule has 0 saturated carbocycles. The number of piperidine rings is 1. The molecular formula is C20H26FN5O3S. The second-order valence-corrected chi connectivity index (χ2v) is 9.44. The van der Waals surface area contributed by atoms with E-state index in [0.29, 0.717) is 18.8 Å². The molecule has 0 radical (unpaired) electrons. The van der Waals surface area contributed by atoms with Crippen LogP contribution >= 0.6 is 0 Å². The number of nitrogens with zero attached hydrogens (tertiary/aromatic N) is 3. The first-order valence-corrected chi connectivity index (χ1v) is 11.5. The highest BCUT2D eigenvalue weighted by Gasteiger charge is 2.34. The van der Waals surface area contributed by atoms with E-state index in [9.17, 15) is 12.8 Å². The second-order valence-electron chi connectivity index (χ2n) is 7.53. The Kier molecular flexibility index (Phi) is 5.90. The molecule has 0 amide bonds. The molecule has 2 aliphatic heterocycles. The molecule has 8 nitrogen and oxygen atoms in total. The number of ether oxygens (including phenoxy) is 1. The lowest BCUT2D eigenvalue weighted by Crippen LogP contribution is -2.40. The molecule has 2 aliphatic rings. The Hall–Kier alpha value is -2.30. The Labute approximate surface area is 175 Å². The van der Waals surface area contributed by atoms with E-state index >= 15 is 0 Å². The summed E-state index contributed by atoms with van der Waals surface area (Å²) in [5.74, 6) is 0.835. The molecule has 0 spiro atoms. The van der Waals surface area contributed by atoms with Gasteiger partial charge in [0.15, 0.2) is 0 Å². The average Bonchev–Trinajstić information content (AvgIpc) is 2.78. The van der Waals surface area contributed by atoms with Gasteiger partial charge < -0.3 is 15.4 Å². The fourth-order valence-corrected chi connectivity index (χ4v) is 5.81. The minimum absolute atomic E-state index is 0.125. The summed E-state index contributed by atoms with van der Waals surface area (Å²) in [6.45, 7) is 2.20. The van der Waals surface area contributed by atoms with Crippen LogP contribution in [0.25, 0.3) is 0 Å². The Balaban J connectivity index is 1.65. The number of rotatable bonds is 5. The van der Waals surface area contributed by atoms with Crippen molar-refractivity contribution in [3.63, 3.8) is 0 Å². The lowest BCUT2D eigenvalue weighted by Gasteiger charge is -2.32. The van der Waals surface area contributed by atoms with Gasteiger partial charge in [0.2, 0.25) is 10.0 Å². The fourth-order valence-electron chi connectivity index (χ4n) is 4.11. The van der Waals surface area contributed by atoms with Gasteiger partial charge in [0, 0.05) is 51.1 Å². The van der Waals surface area contributed by atoms with Crippen LogP contribution in [0.4, 0.5) is 10.2 Å². The molecule has 162 valence electrons. The Morgan fingerprint density at radius 1 is 1.33 bits per heavy atom. The minimum atomic E-state index is -3.91. The third-order valence-corrected chi connectivity index (χ3v) is 7.57. The fraction of sp³-hybridized carbons (Fsp3) is 0.500. The molecule has 2 N–H and O–H groups in total. The summed E-state index contributed by atoms with van der Waals surface area (Å²) in [6.07, 6.45) is 2.29. The van der Waals surface area contributed by atoms with Crippen molar-refractivity contribution < 1.29 is 17.5 Å². The van der Waals surface area contributed by atoms with Gasteiger partial charge in [0.05, 0.1) is 12.8 Å². The third-order valence-electron chi connectivity index (χ3n) is 5.68. The number of benzene rings is 1. The van der Waals surface area contributed by atoms with Crippen LogP contribution in [-0.2, 0) is 23.0 Å². The molecule has 4 rings (SSSR count). The van der Waals surface area contributed by atoms with Gasteiger partial charge >= 0.3 is 0 Å². The van der Waals surface area contributed by atoms with Gasteiger partial charge in [0.25, 0.3) is 0 Å². The van der Waals surface area contributed by atoms with Crippen LogP contribution in [0.1, 0.15) is 35.8 Å². The first kappa shape index (κ1) is 21.0. The molecular weight excluding hydrogens is 409 g/mol. The second kappa shape index (κ2) is 8.44. The highest BCUT2D eigenvalue weighted by atomic mass is 32.2. The normalized spacial score (nSPS) is 19.9. The summed E-state index contributed by atoms with van der Waals surface area (Å²) in [7, 11) is -0.710. The van der Waals surface area contributed by atoms with Gasteiger partial charge in [0.1, 0.15) is 28.1 Å². The molecule has 0 bridgehead atoms. The van der Waals surface area contributed by atoms with Gasteiger partial charge in [-0.05, 0) is 31.0 Å². The molecule has 1 saturated heterocycles. The largest absolute Gasteiger partial charge is 0.495 e. The molecule has 1 fully saturated rings. The summed E-state index contributed by atoms with van der Waals surface area (Å²) in [5.41, 5.74) is 2.08. The zero-order valence-corrected chi connectivity index (χ0v) is 17.9. The van der Waals surface area contributed by atoms with Gasteiger partial charge in [-0.3, -0.25) is 0 Å². The predicted molar refractivity (Wildman–Crippen MR) is 111 cm³/mol. The van der Waals surface area contributed by atoms with Crippen LogP contribution in [0.2, 0.25) is 0 Å². The number of aromatic nitrogens is 2. The van der Waals surface area contributed by atoms with Crippen LogP contribution in [-0.4, -0.2) is 56.5 Å². The maximum absolute atomic E-state index is 13.8. The van der Waals surface area contributed by atoms with E-state index in [2.05, 4.69) is 10.6 Å². The highest BCUT2D eigenvalue weighted by molar-refractivity contribution is 7.89. The minimum Gasteiger partial charge on any atom is -0.495 e. The molecule has 0 aliphatic carbocycles. The SMILES string of the molecule is CNc1nc([C@@H]2CCCN(S(=O)(=O)c3cc(F)ccc3OC)C2)nc2c1CNCC2. The van der Waals surface area contributed by atoms with E-state index in [4.69, 9.17) is 14.7 Å². The lowest BCUT2D eigenvalue weighted by atomic mass is 9.98. The molecule has 3 heterocycles. The third kappa shape index (κ3) is 3.86. The zero-order valence-electron chi connectivity index (χ0n) is 17.1. The van der Waals surface area contributed by atoms with Gasteiger partial charge in [-0.2, -0.15) is 4.31 Å². The predicted octanol–water partition coefficient (Wildman–Crippen LogP) is 1.88. The summed E-state index contributed by atoms with van der Waals surface area (Å²) < 4.78 is 46.9. The molecule has 1 aromatic carbocycles. The molecule has 10 heteroatoms. The first-order valence-electron chi connectivity index (χ1n) is 10.1. The zero-order chi connectivity index (χ0) is 21.3. The van der Waals surface area contributed by atoms with E-state index < -0.39 is 15.8 Å². The topological polar surface area (TPSA) is 96.5 Å². The first-order chi connectivity index (χ1) is 14.4. The summed E-state index contributed by atoms with van der Waals surface area (Å²) in [4.78, 5) is 9.33. The van der Waals surface area contributed by atoms with Crippen LogP contribution in [0.15, 0.2) is 23.1 Å². The lowest BCUT2D eigenvalue weighted by molar-refractivity contribution is 0.306. The van der Waals surface area contributed by atoms with Crippen molar-refractivity contribution in [2.75, 3.05) is 39.1 Å². The number of anilines is 1. The number of hydrogen-bond donors (Lipinski definition) is 2. The maximum atomic E-state index is 13.8. The molecule has 2 aromatic rings. The summed E-state index contributed by atoms with van der Waals surface area (Å²) in [5, 5.41) is 6.47. The van der Waals surface area contributed by atoms with E-state index in [-0.39, 0.29) is 23.1 Å². The number of nitrogens with one attached hydrogen (secondary N) is 2. The Morgan fingerprint density at radius 2 is 2.17 bits per heavy atom. The molecule has 1 atom stereocenters. The highest BCUT2D eigenvalue weighted by Crippen LogP contribution is 2.33. The molecule has 30 heavy (non-hydrogen) atoms. The number of halogens is 1.